The number of halogens is 3. The summed E-state index contributed by atoms with van der Waals surface area (Å²) in [7, 11) is 0. The number of benzene rings is 2. The predicted molar refractivity (Wildman–Crippen MR) is 130 cm³/mol. The highest BCUT2D eigenvalue weighted by atomic mass is 19.4. The van der Waals surface area contributed by atoms with Crippen LogP contribution in [0.2, 0.25) is 0 Å². The van der Waals surface area contributed by atoms with Gasteiger partial charge in [0.1, 0.15) is 18.1 Å². The molecule has 0 aliphatic rings. The minimum Gasteiger partial charge on any atom is -0.486 e. The molecule has 6 rings (SSSR count). The number of hydrogen-bond acceptors (Lipinski definition) is 7. The first kappa shape index (κ1) is 23.3. The maximum absolute atomic E-state index is 12.9. The number of rotatable bonds is 6. The Morgan fingerprint density at radius 3 is 2.21 bits per heavy atom. The summed E-state index contributed by atoms with van der Waals surface area (Å²) in [5.41, 5.74) is 1.89. The standard InChI is InChI=1S/C26H17F3N8O/c27-26(28,29)18-9-11-19(12-10-18)38-16-22-32-24(21-15-30-20(14-31-21)17-6-2-1-3-7-17)37(34-22)25-33-23-8-4-5-13-36(23)35-25/h1-15H,16H2. The van der Waals surface area contributed by atoms with Crippen molar-refractivity contribution in [2.45, 2.75) is 12.8 Å². The molecule has 0 aliphatic carbocycles. The molecule has 0 radical (unpaired) electrons. The van der Waals surface area contributed by atoms with Crippen LogP contribution >= 0.6 is 0 Å². The SMILES string of the molecule is FC(F)(F)c1ccc(OCc2nc(-c3cnc(-c4ccccc4)cn3)n(-c3nc4ccccn4n3)n2)cc1. The van der Waals surface area contributed by atoms with E-state index in [1.807, 2.05) is 42.5 Å². The van der Waals surface area contributed by atoms with Gasteiger partial charge in [0, 0.05) is 11.8 Å². The molecule has 188 valence electrons. The normalized spacial score (nSPS) is 11.7. The van der Waals surface area contributed by atoms with Gasteiger partial charge in [0.15, 0.2) is 17.3 Å². The molecule has 0 bridgehead atoms. The van der Waals surface area contributed by atoms with Crippen molar-refractivity contribution in [2.24, 2.45) is 0 Å². The van der Waals surface area contributed by atoms with Crippen LogP contribution in [-0.4, -0.2) is 39.3 Å². The van der Waals surface area contributed by atoms with Gasteiger partial charge in [0.05, 0.1) is 23.7 Å². The van der Waals surface area contributed by atoms with Crippen molar-refractivity contribution in [3.05, 3.63) is 103 Å². The van der Waals surface area contributed by atoms with E-state index in [4.69, 9.17) is 4.74 Å². The highest BCUT2D eigenvalue weighted by Crippen LogP contribution is 2.30. The lowest BCUT2D eigenvalue weighted by atomic mass is 10.2. The van der Waals surface area contributed by atoms with Crippen molar-refractivity contribution in [3.8, 4) is 34.5 Å². The van der Waals surface area contributed by atoms with Crippen molar-refractivity contribution in [1.29, 1.82) is 0 Å². The highest BCUT2D eigenvalue weighted by Gasteiger charge is 2.30. The Morgan fingerprint density at radius 2 is 1.50 bits per heavy atom. The number of nitrogens with zero attached hydrogens (tertiary/aromatic N) is 8. The van der Waals surface area contributed by atoms with Gasteiger partial charge >= 0.3 is 6.18 Å². The van der Waals surface area contributed by atoms with Crippen molar-refractivity contribution in [2.75, 3.05) is 0 Å². The lowest BCUT2D eigenvalue weighted by Crippen LogP contribution is -2.05. The molecule has 12 heteroatoms. The zero-order valence-corrected chi connectivity index (χ0v) is 19.5. The van der Waals surface area contributed by atoms with E-state index in [2.05, 4.69) is 30.1 Å². The van der Waals surface area contributed by atoms with Crippen molar-refractivity contribution in [1.82, 2.24) is 39.3 Å². The van der Waals surface area contributed by atoms with E-state index in [1.54, 1.807) is 29.2 Å². The fourth-order valence-electron chi connectivity index (χ4n) is 3.72. The van der Waals surface area contributed by atoms with Crippen LogP contribution in [-0.2, 0) is 12.8 Å². The summed E-state index contributed by atoms with van der Waals surface area (Å²) in [6.07, 6.45) is 0.551. The van der Waals surface area contributed by atoms with E-state index in [0.29, 0.717) is 22.9 Å². The topological polar surface area (TPSA) is 95.9 Å². The molecule has 0 saturated heterocycles. The van der Waals surface area contributed by atoms with Crippen LogP contribution < -0.4 is 4.74 Å². The van der Waals surface area contributed by atoms with Gasteiger partial charge in [-0.2, -0.15) is 22.8 Å². The van der Waals surface area contributed by atoms with E-state index >= 15 is 0 Å². The Morgan fingerprint density at radius 1 is 0.763 bits per heavy atom. The van der Waals surface area contributed by atoms with Crippen molar-refractivity contribution >= 4 is 5.65 Å². The second kappa shape index (κ2) is 9.39. The molecule has 0 atom stereocenters. The van der Waals surface area contributed by atoms with Crippen LogP contribution in [0.1, 0.15) is 11.4 Å². The van der Waals surface area contributed by atoms with Crippen LogP contribution in [0, 0.1) is 0 Å². The lowest BCUT2D eigenvalue weighted by Gasteiger charge is -2.08. The Hall–Kier alpha value is -5.13. The largest absolute Gasteiger partial charge is 0.486 e. The predicted octanol–water partition coefficient (Wildman–Crippen LogP) is 5.03. The van der Waals surface area contributed by atoms with Crippen LogP contribution in [0.3, 0.4) is 0 Å². The van der Waals surface area contributed by atoms with Gasteiger partial charge in [0.25, 0.3) is 5.95 Å². The van der Waals surface area contributed by atoms with Crippen LogP contribution in [0.15, 0.2) is 91.4 Å². The first-order valence-corrected chi connectivity index (χ1v) is 11.4. The van der Waals surface area contributed by atoms with Gasteiger partial charge in [-0.25, -0.2) is 14.5 Å². The summed E-state index contributed by atoms with van der Waals surface area (Å²) >= 11 is 0. The third kappa shape index (κ3) is 4.66. The first-order valence-electron chi connectivity index (χ1n) is 11.4. The third-order valence-electron chi connectivity index (χ3n) is 5.57. The van der Waals surface area contributed by atoms with Gasteiger partial charge in [-0.15, -0.1) is 10.2 Å². The maximum atomic E-state index is 12.9. The van der Waals surface area contributed by atoms with E-state index in [-0.39, 0.29) is 24.1 Å². The summed E-state index contributed by atoms with van der Waals surface area (Å²) in [6, 6.07) is 19.5. The summed E-state index contributed by atoms with van der Waals surface area (Å²) in [6.45, 7) is -0.103. The fourth-order valence-corrected chi connectivity index (χ4v) is 3.72. The number of hydrogen-bond donors (Lipinski definition) is 0. The van der Waals surface area contributed by atoms with E-state index in [1.165, 1.54) is 16.8 Å². The molecule has 9 nitrogen and oxygen atoms in total. The van der Waals surface area contributed by atoms with Crippen LogP contribution in [0.4, 0.5) is 13.2 Å². The van der Waals surface area contributed by atoms with Crippen LogP contribution in [0.5, 0.6) is 5.75 Å². The second-order valence-corrected chi connectivity index (χ2v) is 8.14. The molecule has 0 saturated carbocycles. The number of aromatic nitrogens is 8. The van der Waals surface area contributed by atoms with E-state index in [9.17, 15) is 13.2 Å². The molecule has 2 aromatic carbocycles. The second-order valence-electron chi connectivity index (χ2n) is 8.14. The number of fused-ring (bicyclic) bond motifs is 1. The van der Waals surface area contributed by atoms with E-state index in [0.717, 1.165) is 17.7 Å². The zero-order chi connectivity index (χ0) is 26.1. The minimum atomic E-state index is -4.42. The molecule has 0 N–H and O–H groups in total. The zero-order valence-electron chi connectivity index (χ0n) is 19.5. The quantitative estimate of drug-likeness (QED) is 0.308. The van der Waals surface area contributed by atoms with Gasteiger partial charge in [-0.1, -0.05) is 36.4 Å². The Labute approximate surface area is 213 Å². The van der Waals surface area contributed by atoms with E-state index < -0.39 is 11.7 Å². The van der Waals surface area contributed by atoms with Crippen LogP contribution in [0.25, 0.3) is 34.4 Å². The molecule has 0 spiro atoms. The molecule has 4 aromatic heterocycles. The van der Waals surface area contributed by atoms with Gasteiger partial charge in [0.2, 0.25) is 0 Å². The number of ether oxygens (including phenoxy) is 1. The highest BCUT2D eigenvalue weighted by molar-refractivity contribution is 5.60. The average Bonchev–Trinajstić information content (AvgIpc) is 3.57. The molecule has 0 amide bonds. The summed E-state index contributed by atoms with van der Waals surface area (Å²) < 4.78 is 47.2. The van der Waals surface area contributed by atoms with Gasteiger partial charge < -0.3 is 4.74 Å². The fraction of sp³-hybridized carbons (Fsp3) is 0.0769. The average molecular weight is 514 g/mol. The summed E-state index contributed by atoms with van der Waals surface area (Å²) in [5, 5.41) is 8.97. The molecule has 0 unspecified atom stereocenters. The van der Waals surface area contributed by atoms with Gasteiger partial charge in [-0.3, -0.25) is 4.98 Å². The first-order chi connectivity index (χ1) is 18.4. The van der Waals surface area contributed by atoms with Crippen molar-refractivity contribution < 1.29 is 17.9 Å². The Kier molecular flexibility index (Phi) is 5.75. The molecular formula is C26H17F3N8O. The lowest BCUT2D eigenvalue weighted by molar-refractivity contribution is -0.137. The molecule has 6 aromatic rings. The number of alkyl halides is 3. The monoisotopic (exact) mass is 514 g/mol. The Balaban J connectivity index is 1.33. The molecule has 0 aliphatic heterocycles. The summed E-state index contributed by atoms with van der Waals surface area (Å²) in [4.78, 5) is 18.1. The maximum Gasteiger partial charge on any atom is 0.416 e. The van der Waals surface area contributed by atoms with Crippen molar-refractivity contribution in [3.63, 3.8) is 0 Å². The molecule has 38 heavy (non-hydrogen) atoms. The smallest absolute Gasteiger partial charge is 0.416 e. The number of pyridine rings is 1. The van der Waals surface area contributed by atoms with Gasteiger partial charge in [-0.05, 0) is 36.4 Å². The molecule has 4 heterocycles. The summed E-state index contributed by atoms with van der Waals surface area (Å²) in [5.74, 6) is 1.09. The minimum absolute atomic E-state index is 0.103. The Bertz CT molecular complexity index is 1660. The molecule has 0 fully saturated rings. The third-order valence-corrected chi connectivity index (χ3v) is 5.57. The molecular weight excluding hydrogens is 497 g/mol.